The monoisotopic (exact) mass is 481 g/mol. The summed E-state index contributed by atoms with van der Waals surface area (Å²) >= 11 is 3.40. The normalized spacial score (nSPS) is 14.9. The summed E-state index contributed by atoms with van der Waals surface area (Å²) in [5.41, 5.74) is 0.550. The average molecular weight is 482 g/mol. The van der Waals surface area contributed by atoms with Gasteiger partial charge in [-0.2, -0.15) is 0 Å². The van der Waals surface area contributed by atoms with Crippen LogP contribution in [0.4, 0.5) is 4.79 Å². The Kier molecular flexibility index (Phi) is 9.14. The molecule has 0 spiro atoms. The molecular weight excluding hydrogens is 450 g/mol. The highest BCUT2D eigenvalue weighted by Crippen LogP contribution is 2.17. The number of aryl methyl sites for hydroxylation is 1. The summed E-state index contributed by atoms with van der Waals surface area (Å²) < 4.78 is 6.17. The van der Waals surface area contributed by atoms with E-state index in [0.717, 1.165) is 29.3 Å². The third kappa shape index (κ3) is 9.15. The lowest BCUT2D eigenvalue weighted by Crippen LogP contribution is -2.46. The number of hydrogen-bond acceptors (Lipinski definition) is 4. The first-order valence-electron chi connectivity index (χ1n) is 10.4. The molecule has 1 heterocycles. The zero-order valence-electron chi connectivity index (χ0n) is 18.0. The quantitative estimate of drug-likeness (QED) is 0.625. The van der Waals surface area contributed by atoms with E-state index in [2.05, 4.69) is 26.6 Å². The van der Waals surface area contributed by atoms with E-state index in [1.807, 2.05) is 24.3 Å². The van der Waals surface area contributed by atoms with Crippen LogP contribution in [0.3, 0.4) is 0 Å². The van der Waals surface area contributed by atoms with Crippen molar-refractivity contribution in [3.05, 3.63) is 34.3 Å². The number of amides is 3. The van der Waals surface area contributed by atoms with E-state index < -0.39 is 11.7 Å². The van der Waals surface area contributed by atoms with E-state index in [4.69, 9.17) is 4.74 Å². The number of nitrogens with one attached hydrogen (secondary N) is 2. The summed E-state index contributed by atoms with van der Waals surface area (Å²) in [5.74, 6) is 0.306. The van der Waals surface area contributed by atoms with Gasteiger partial charge in [0, 0.05) is 30.5 Å². The lowest BCUT2D eigenvalue weighted by molar-refractivity contribution is -0.131. The number of halogens is 1. The van der Waals surface area contributed by atoms with Crippen LogP contribution in [0.15, 0.2) is 28.7 Å². The lowest BCUT2D eigenvalue weighted by Gasteiger charge is -2.32. The van der Waals surface area contributed by atoms with Crippen molar-refractivity contribution in [3.8, 4) is 0 Å². The summed E-state index contributed by atoms with van der Waals surface area (Å²) in [5, 5.41) is 5.52. The number of ether oxygens (including phenoxy) is 1. The molecule has 8 heteroatoms. The van der Waals surface area contributed by atoms with Gasteiger partial charge in [0.05, 0.1) is 0 Å². The maximum Gasteiger partial charge on any atom is 0.408 e. The maximum atomic E-state index is 12.3. The second kappa shape index (κ2) is 11.3. The van der Waals surface area contributed by atoms with Crippen molar-refractivity contribution in [3.63, 3.8) is 0 Å². The van der Waals surface area contributed by atoms with Crippen LogP contribution in [0.2, 0.25) is 0 Å². The molecule has 0 saturated carbocycles. The van der Waals surface area contributed by atoms with Crippen LogP contribution in [-0.2, 0) is 20.7 Å². The fraction of sp³-hybridized carbons (Fsp3) is 0.591. The van der Waals surface area contributed by atoms with Gasteiger partial charge in [-0.15, -0.1) is 0 Å². The van der Waals surface area contributed by atoms with Gasteiger partial charge >= 0.3 is 6.09 Å². The average Bonchev–Trinajstić information content (AvgIpc) is 2.69. The van der Waals surface area contributed by atoms with Crippen molar-refractivity contribution in [2.45, 2.75) is 52.1 Å². The highest BCUT2D eigenvalue weighted by Gasteiger charge is 2.24. The number of rotatable bonds is 7. The van der Waals surface area contributed by atoms with E-state index in [-0.39, 0.29) is 18.4 Å². The summed E-state index contributed by atoms with van der Waals surface area (Å²) in [6.45, 7) is 7.17. The fourth-order valence-electron chi connectivity index (χ4n) is 3.22. The zero-order valence-corrected chi connectivity index (χ0v) is 19.6. The first-order chi connectivity index (χ1) is 14.1. The Hall–Kier alpha value is -2.09. The van der Waals surface area contributed by atoms with Gasteiger partial charge < -0.3 is 20.3 Å². The van der Waals surface area contributed by atoms with E-state index in [1.165, 1.54) is 0 Å². The molecule has 7 nitrogen and oxygen atoms in total. The third-order valence-electron chi connectivity index (χ3n) is 4.89. The molecule has 30 heavy (non-hydrogen) atoms. The second-order valence-corrected chi connectivity index (χ2v) is 9.53. The SMILES string of the molecule is CC(C)(C)OC(=O)NCC(=O)N1CCC(CNC(=O)CCc2ccc(Br)cc2)CC1. The van der Waals surface area contributed by atoms with Gasteiger partial charge in [0.1, 0.15) is 12.1 Å². The first kappa shape index (κ1) is 24.2. The van der Waals surface area contributed by atoms with Crippen molar-refractivity contribution in [2.24, 2.45) is 5.92 Å². The van der Waals surface area contributed by atoms with Gasteiger partial charge in [0.25, 0.3) is 0 Å². The predicted octanol–water partition coefficient (Wildman–Crippen LogP) is 3.26. The molecule has 2 rings (SSSR count). The number of carbonyl (C=O) groups is 3. The lowest BCUT2D eigenvalue weighted by atomic mass is 9.96. The summed E-state index contributed by atoms with van der Waals surface area (Å²) in [6.07, 6.45) is 2.28. The van der Waals surface area contributed by atoms with Crippen molar-refractivity contribution in [2.75, 3.05) is 26.2 Å². The molecule has 1 aromatic carbocycles. The molecule has 1 aliphatic heterocycles. The van der Waals surface area contributed by atoms with Gasteiger partial charge in [0.15, 0.2) is 0 Å². The summed E-state index contributed by atoms with van der Waals surface area (Å²) in [4.78, 5) is 37.8. The molecule has 166 valence electrons. The number of carbonyl (C=O) groups excluding carboxylic acids is 3. The zero-order chi connectivity index (χ0) is 22.1. The van der Waals surface area contributed by atoms with Gasteiger partial charge in [-0.1, -0.05) is 28.1 Å². The van der Waals surface area contributed by atoms with Crippen molar-refractivity contribution in [1.29, 1.82) is 0 Å². The minimum atomic E-state index is -0.589. The largest absolute Gasteiger partial charge is 0.444 e. The van der Waals surface area contributed by atoms with E-state index in [1.54, 1.807) is 25.7 Å². The molecule has 0 radical (unpaired) electrons. The molecule has 1 saturated heterocycles. The van der Waals surface area contributed by atoms with Gasteiger partial charge in [-0.05, 0) is 63.6 Å². The Morgan fingerprint density at radius 1 is 1.10 bits per heavy atom. The summed E-state index contributed by atoms with van der Waals surface area (Å²) in [6, 6.07) is 7.99. The number of piperidine rings is 1. The smallest absolute Gasteiger partial charge is 0.408 e. The molecule has 1 aliphatic rings. The van der Waals surface area contributed by atoms with E-state index >= 15 is 0 Å². The number of alkyl carbamates (subject to hydrolysis) is 1. The Labute approximate surface area is 187 Å². The van der Waals surface area contributed by atoms with Crippen molar-refractivity contribution in [1.82, 2.24) is 15.5 Å². The highest BCUT2D eigenvalue weighted by atomic mass is 79.9. The Morgan fingerprint density at radius 2 is 1.73 bits per heavy atom. The number of nitrogens with zero attached hydrogens (tertiary/aromatic N) is 1. The molecule has 0 atom stereocenters. The Morgan fingerprint density at radius 3 is 2.33 bits per heavy atom. The molecule has 1 aromatic rings. The predicted molar refractivity (Wildman–Crippen MR) is 119 cm³/mol. The molecule has 1 fully saturated rings. The van der Waals surface area contributed by atoms with Crippen LogP contribution >= 0.6 is 15.9 Å². The summed E-state index contributed by atoms with van der Waals surface area (Å²) in [7, 11) is 0. The highest BCUT2D eigenvalue weighted by molar-refractivity contribution is 9.10. The topological polar surface area (TPSA) is 87.7 Å². The van der Waals surface area contributed by atoms with Gasteiger partial charge in [-0.3, -0.25) is 9.59 Å². The number of likely N-dealkylation sites (tertiary alicyclic amines) is 1. The molecular formula is C22H32BrN3O4. The van der Waals surface area contributed by atoms with Crippen LogP contribution in [0, 0.1) is 5.92 Å². The molecule has 0 aliphatic carbocycles. The molecule has 3 amide bonds. The van der Waals surface area contributed by atoms with Crippen LogP contribution in [0.5, 0.6) is 0 Å². The molecule has 0 bridgehead atoms. The Balaban J connectivity index is 1.60. The maximum absolute atomic E-state index is 12.3. The van der Waals surface area contributed by atoms with Crippen molar-refractivity contribution < 1.29 is 19.1 Å². The van der Waals surface area contributed by atoms with Gasteiger partial charge in [0.2, 0.25) is 11.8 Å². The number of hydrogen-bond donors (Lipinski definition) is 2. The number of benzene rings is 1. The first-order valence-corrected chi connectivity index (χ1v) is 11.2. The van der Waals surface area contributed by atoms with E-state index in [0.29, 0.717) is 32.0 Å². The van der Waals surface area contributed by atoms with Gasteiger partial charge in [-0.25, -0.2) is 4.79 Å². The molecule has 2 N–H and O–H groups in total. The van der Waals surface area contributed by atoms with Crippen molar-refractivity contribution >= 4 is 33.8 Å². The van der Waals surface area contributed by atoms with E-state index in [9.17, 15) is 14.4 Å². The second-order valence-electron chi connectivity index (χ2n) is 8.61. The van der Waals surface area contributed by atoms with Crippen LogP contribution in [0.1, 0.15) is 45.6 Å². The fourth-order valence-corrected chi connectivity index (χ4v) is 3.48. The Bertz CT molecular complexity index is 723. The molecule has 0 unspecified atom stereocenters. The minimum absolute atomic E-state index is 0.0537. The third-order valence-corrected chi connectivity index (χ3v) is 5.42. The molecule has 0 aromatic heterocycles. The standard InChI is InChI=1S/C22H32BrN3O4/c1-22(2,3)30-21(29)25-15-20(28)26-12-10-17(11-13-26)14-24-19(27)9-6-16-4-7-18(23)8-5-16/h4-5,7-8,17H,6,9-15H2,1-3H3,(H,24,27)(H,25,29). The minimum Gasteiger partial charge on any atom is -0.444 e. The van der Waals surface area contributed by atoms with Crippen LogP contribution in [0.25, 0.3) is 0 Å². The van der Waals surface area contributed by atoms with Crippen LogP contribution < -0.4 is 10.6 Å². The van der Waals surface area contributed by atoms with Crippen LogP contribution in [-0.4, -0.2) is 54.6 Å².